The van der Waals surface area contributed by atoms with Gasteiger partial charge in [-0.2, -0.15) is 15.0 Å². The minimum Gasteiger partial charge on any atom is -0.187 e. The number of benzene rings is 2. The van der Waals surface area contributed by atoms with Crippen LogP contribution in [0.1, 0.15) is 44.5 Å². The fourth-order valence-electron chi connectivity index (χ4n) is 3.83. The summed E-state index contributed by atoms with van der Waals surface area (Å²) in [7, 11) is 1.90. The molecule has 0 saturated heterocycles. The molecule has 0 bridgehead atoms. The number of hydrogen-bond donors (Lipinski definition) is 0. The van der Waals surface area contributed by atoms with Gasteiger partial charge in [-0.1, -0.05) is 0 Å². The first-order valence-electron chi connectivity index (χ1n) is 8.54. The van der Waals surface area contributed by atoms with Gasteiger partial charge in [0.1, 0.15) is 11.0 Å². The Balaban J connectivity index is 2.58. The smallest absolute Gasteiger partial charge is 0.121 e. The summed E-state index contributed by atoms with van der Waals surface area (Å²) < 4.78 is 0. The summed E-state index contributed by atoms with van der Waals surface area (Å²) in [5.41, 5.74) is 15.3. The van der Waals surface area contributed by atoms with E-state index in [2.05, 4.69) is 60.5 Å². The van der Waals surface area contributed by atoms with Gasteiger partial charge in [0.25, 0.3) is 0 Å². The van der Waals surface area contributed by atoms with Crippen LogP contribution in [-0.2, 0) is 7.05 Å². The van der Waals surface area contributed by atoms with Gasteiger partial charge in [-0.05, 0) is 105 Å². The molecular weight excluding hydrogens is 294 g/mol. The molecule has 3 heteroatoms. The number of nitrogens with zero attached hydrogens (tertiary/aromatic N) is 3. The van der Waals surface area contributed by atoms with Crippen molar-refractivity contribution in [2.24, 2.45) is 7.05 Å². The van der Waals surface area contributed by atoms with E-state index in [1.807, 2.05) is 7.05 Å². The van der Waals surface area contributed by atoms with Crippen LogP contribution in [0.2, 0.25) is 0 Å². The lowest BCUT2D eigenvalue weighted by Gasteiger charge is -2.21. The highest BCUT2D eigenvalue weighted by Gasteiger charge is 2.22. The molecule has 0 atom stereocenters. The molecule has 0 aliphatic heterocycles. The zero-order valence-electron chi connectivity index (χ0n) is 16.3. The van der Waals surface area contributed by atoms with E-state index in [0.717, 1.165) is 11.0 Å². The molecule has 0 amide bonds. The number of fused-ring (bicyclic) bond motifs is 1. The molecule has 0 spiro atoms. The van der Waals surface area contributed by atoms with Crippen LogP contribution in [-0.4, -0.2) is 15.0 Å². The van der Waals surface area contributed by atoms with Crippen molar-refractivity contribution < 1.29 is 0 Å². The zero-order chi connectivity index (χ0) is 17.9. The maximum Gasteiger partial charge on any atom is 0.121 e. The lowest BCUT2D eigenvalue weighted by molar-refractivity contribution is 0.665. The Morgan fingerprint density at radius 2 is 0.833 bits per heavy atom. The predicted molar refractivity (Wildman–Crippen MR) is 102 cm³/mol. The van der Waals surface area contributed by atoms with Crippen molar-refractivity contribution in [3.05, 3.63) is 44.5 Å². The molecule has 3 rings (SSSR count). The highest BCUT2D eigenvalue weighted by Crippen LogP contribution is 2.40. The van der Waals surface area contributed by atoms with E-state index in [0.29, 0.717) is 0 Å². The van der Waals surface area contributed by atoms with Crippen LogP contribution in [0.5, 0.6) is 0 Å². The summed E-state index contributed by atoms with van der Waals surface area (Å²) in [6.07, 6.45) is 0. The van der Waals surface area contributed by atoms with Gasteiger partial charge in [0.15, 0.2) is 0 Å². The van der Waals surface area contributed by atoms with Crippen LogP contribution < -0.4 is 0 Å². The second-order valence-electron chi connectivity index (χ2n) is 7.14. The van der Waals surface area contributed by atoms with E-state index < -0.39 is 0 Å². The standard InChI is InChI=1S/C21H27N3/c1-10-11(2)14(5)18(15(6)12(10)3)19-16(7)13(4)17(8)20-21(19)23-24(9)22-20/h1-9H3. The van der Waals surface area contributed by atoms with Gasteiger partial charge in [-0.3, -0.25) is 0 Å². The van der Waals surface area contributed by atoms with Crippen molar-refractivity contribution in [1.29, 1.82) is 0 Å². The molecular formula is C21H27N3. The lowest BCUT2D eigenvalue weighted by Crippen LogP contribution is -2.03. The molecule has 0 radical (unpaired) electrons. The maximum atomic E-state index is 4.72. The molecule has 0 unspecified atom stereocenters. The molecule has 0 fully saturated rings. The molecule has 3 aromatic rings. The molecule has 2 aromatic carbocycles. The van der Waals surface area contributed by atoms with Gasteiger partial charge in [0, 0.05) is 12.6 Å². The van der Waals surface area contributed by atoms with Crippen LogP contribution in [0.4, 0.5) is 0 Å². The third kappa shape index (κ3) is 2.10. The molecule has 0 aliphatic carbocycles. The number of rotatable bonds is 1. The quantitative estimate of drug-likeness (QED) is 0.624. The van der Waals surface area contributed by atoms with Crippen LogP contribution in [0.15, 0.2) is 0 Å². The van der Waals surface area contributed by atoms with Gasteiger partial charge >= 0.3 is 0 Å². The molecule has 126 valence electrons. The van der Waals surface area contributed by atoms with Gasteiger partial charge in [0.2, 0.25) is 0 Å². The molecule has 3 nitrogen and oxygen atoms in total. The van der Waals surface area contributed by atoms with Crippen molar-refractivity contribution >= 4 is 11.0 Å². The third-order valence-corrected chi connectivity index (χ3v) is 6.06. The van der Waals surface area contributed by atoms with Crippen molar-refractivity contribution in [3.8, 4) is 11.1 Å². The van der Waals surface area contributed by atoms with E-state index in [1.165, 1.54) is 55.6 Å². The summed E-state index contributed by atoms with van der Waals surface area (Å²) in [5.74, 6) is 0. The van der Waals surface area contributed by atoms with Crippen molar-refractivity contribution in [2.75, 3.05) is 0 Å². The Morgan fingerprint density at radius 1 is 0.458 bits per heavy atom. The zero-order valence-corrected chi connectivity index (χ0v) is 16.3. The summed E-state index contributed by atoms with van der Waals surface area (Å²) in [5, 5.41) is 9.35. The summed E-state index contributed by atoms with van der Waals surface area (Å²) in [6, 6.07) is 0. The normalized spacial score (nSPS) is 11.5. The highest BCUT2D eigenvalue weighted by atomic mass is 15.4. The summed E-state index contributed by atoms with van der Waals surface area (Å²) in [6.45, 7) is 17.7. The minimum absolute atomic E-state index is 1.02. The van der Waals surface area contributed by atoms with Crippen molar-refractivity contribution in [1.82, 2.24) is 15.0 Å². The largest absolute Gasteiger partial charge is 0.187 e. The highest BCUT2D eigenvalue weighted by molar-refractivity contribution is 5.98. The number of aryl methyl sites for hydroxylation is 2. The van der Waals surface area contributed by atoms with Crippen LogP contribution >= 0.6 is 0 Å². The van der Waals surface area contributed by atoms with E-state index in [1.54, 1.807) is 4.80 Å². The van der Waals surface area contributed by atoms with E-state index in [-0.39, 0.29) is 0 Å². The van der Waals surface area contributed by atoms with Gasteiger partial charge in [-0.15, -0.1) is 0 Å². The minimum atomic E-state index is 1.02. The fraction of sp³-hybridized carbons (Fsp3) is 0.429. The topological polar surface area (TPSA) is 30.7 Å². The molecule has 0 N–H and O–H groups in total. The monoisotopic (exact) mass is 321 g/mol. The third-order valence-electron chi connectivity index (χ3n) is 6.06. The first kappa shape index (κ1) is 16.7. The average Bonchev–Trinajstić information content (AvgIpc) is 2.93. The van der Waals surface area contributed by atoms with E-state index in [4.69, 9.17) is 5.10 Å². The van der Waals surface area contributed by atoms with Crippen LogP contribution in [0, 0.1) is 55.4 Å². The van der Waals surface area contributed by atoms with Crippen molar-refractivity contribution in [3.63, 3.8) is 0 Å². The number of aromatic nitrogens is 3. The van der Waals surface area contributed by atoms with Crippen molar-refractivity contribution in [2.45, 2.75) is 55.4 Å². The Kier molecular flexibility index (Phi) is 3.78. The lowest BCUT2D eigenvalue weighted by atomic mass is 9.83. The van der Waals surface area contributed by atoms with Gasteiger partial charge in [-0.25, -0.2) is 0 Å². The van der Waals surface area contributed by atoms with Crippen LogP contribution in [0.25, 0.3) is 22.2 Å². The predicted octanol–water partition coefficient (Wildman–Crippen LogP) is 5.10. The Hall–Kier alpha value is -2.16. The molecule has 1 heterocycles. The SMILES string of the molecule is Cc1c(C)c(C)c(-c2c(C)c(C)c(C)c3nn(C)nc23)c(C)c1C. The first-order valence-corrected chi connectivity index (χ1v) is 8.54. The Labute approximate surface area is 144 Å². The van der Waals surface area contributed by atoms with E-state index in [9.17, 15) is 0 Å². The second kappa shape index (κ2) is 5.44. The van der Waals surface area contributed by atoms with Gasteiger partial charge < -0.3 is 0 Å². The Morgan fingerprint density at radius 3 is 1.38 bits per heavy atom. The number of hydrogen-bond acceptors (Lipinski definition) is 2. The fourth-order valence-corrected chi connectivity index (χ4v) is 3.83. The molecule has 0 aliphatic rings. The molecule has 1 aromatic heterocycles. The second-order valence-corrected chi connectivity index (χ2v) is 7.14. The summed E-state index contributed by atoms with van der Waals surface area (Å²) >= 11 is 0. The van der Waals surface area contributed by atoms with E-state index >= 15 is 0 Å². The molecule has 0 saturated carbocycles. The van der Waals surface area contributed by atoms with Crippen LogP contribution in [0.3, 0.4) is 0 Å². The Bertz CT molecular complexity index is 962. The molecule has 24 heavy (non-hydrogen) atoms. The maximum absolute atomic E-state index is 4.72. The van der Waals surface area contributed by atoms with Gasteiger partial charge in [0.05, 0.1) is 0 Å². The average molecular weight is 321 g/mol. The first-order chi connectivity index (χ1) is 11.2. The summed E-state index contributed by atoms with van der Waals surface area (Å²) in [4.78, 5) is 1.69.